The molecule has 0 bridgehead atoms. The molecule has 0 spiro atoms. The Morgan fingerprint density at radius 3 is 2.70 bits per heavy atom. The Balaban J connectivity index is 2.53. The zero-order valence-corrected chi connectivity index (χ0v) is 10.6. The molecule has 1 aliphatic heterocycles. The maximum atomic E-state index is 13.0. The van der Waals surface area contributed by atoms with Gasteiger partial charge in [-0.05, 0) is 6.92 Å². The van der Waals surface area contributed by atoms with E-state index in [1.165, 1.54) is 6.20 Å². The van der Waals surface area contributed by atoms with Gasteiger partial charge in [0.15, 0.2) is 6.23 Å². The summed E-state index contributed by atoms with van der Waals surface area (Å²) in [6, 6.07) is 0. The molecular formula is C12H13F2N3O3. The first-order valence-electron chi connectivity index (χ1n) is 5.76. The molecule has 1 aromatic rings. The molecule has 6 nitrogen and oxygen atoms in total. The van der Waals surface area contributed by atoms with Crippen molar-refractivity contribution >= 4 is 5.82 Å². The van der Waals surface area contributed by atoms with Crippen LogP contribution >= 0.6 is 0 Å². The number of anilines is 1. The van der Waals surface area contributed by atoms with E-state index >= 15 is 0 Å². The number of aryl methyl sites for hydroxylation is 1. The molecule has 0 radical (unpaired) electrons. The fourth-order valence-electron chi connectivity index (χ4n) is 1.98. The number of aromatic nitrogens is 2. The van der Waals surface area contributed by atoms with E-state index in [1.54, 1.807) is 6.92 Å². The van der Waals surface area contributed by atoms with E-state index < -0.39 is 24.6 Å². The van der Waals surface area contributed by atoms with E-state index in [0.717, 1.165) is 4.57 Å². The lowest BCUT2D eigenvalue weighted by atomic mass is 10.1. The molecule has 3 N–H and O–H groups in total. The number of aliphatic hydroxyl groups is 1. The van der Waals surface area contributed by atoms with Crippen molar-refractivity contribution in [3.63, 3.8) is 0 Å². The molecule has 2 unspecified atom stereocenters. The molecule has 0 aliphatic carbocycles. The Morgan fingerprint density at radius 1 is 1.50 bits per heavy atom. The zero-order chi connectivity index (χ0) is 14.9. The van der Waals surface area contributed by atoms with Crippen molar-refractivity contribution in [1.82, 2.24) is 9.55 Å². The summed E-state index contributed by atoms with van der Waals surface area (Å²) in [4.78, 5) is 15.4. The monoisotopic (exact) mass is 285 g/mol. The highest BCUT2D eigenvalue weighted by molar-refractivity contribution is 5.40. The van der Waals surface area contributed by atoms with Crippen molar-refractivity contribution in [3.05, 3.63) is 46.1 Å². The number of rotatable bonds is 2. The van der Waals surface area contributed by atoms with Crippen molar-refractivity contribution in [3.8, 4) is 0 Å². The second-order valence-corrected chi connectivity index (χ2v) is 4.29. The fraction of sp³-hybridized carbons (Fsp3) is 0.333. The Morgan fingerprint density at radius 2 is 2.15 bits per heavy atom. The van der Waals surface area contributed by atoms with Gasteiger partial charge in [0.05, 0.1) is 19.3 Å². The number of nitrogens with zero attached hydrogens (tertiary/aromatic N) is 2. The van der Waals surface area contributed by atoms with Gasteiger partial charge in [0.25, 0.3) is 0 Å². The van der Waals surface area contributed by atoms with E-state index in [-0.39, 0.29) is 29.6 Å². The van der Waals surface area contributed by atoms with Crippen LogP contribution in [0.2, 0.25) is 0 Å². The van der Waals surface area contributed by atoms with Crippen molar-refractivity contribution in [2.75, 3.05) is 12.3 Å². The van der Waals surface area contributed by atoms with E-state index in [2.05, 4.69) is 4.98 Å². The van der Waals surface area contributed by atoms with Gasteiger partial charge in [0.2, 0.25) is 0 Å². The van der Waals surface area contributed by atoms with Crippen molar-refractivity contribution in [2.45, 2.75) is 19.3 Å². The second kappa shape index (κ2) is 5.51. The van der Waals surface area contributed by atoms with Crippen LogP contribution in [0.1, 0.15) is 11.8 Å². The van der Waals surface area contributed by atoms with Crippen LogP contribution in [-0.2, 0) is 4.74 Å². The van der Waals surface area contributed by atoms with Crippen LogP contribution in [0, 0.1) is 6.92 Å². The Labute approximate surface area is 112 Å². The smallest absolute Gasteiger partial charge is 0.351 e. The summed E-state index contributed by atoms with van der Waals surface area (Å²) in [5.41, 5.74) is 4.90. The summed E-state index contributed by atoms with van der Waals surface area (Å²) in [5, 5.41) is 9.11. The number of hydrogen-bond donors (Lipinski definition) is 2. The summed E-state index contributed by atoms with van der Waals surface area (Å²) < 4.78 is 32.1. The van der Waals surface area contributed by atoms with E-state index in [4.69, 9.17) is 15.6 Å². The second-order valence-electron chi connectivity index (χ2n) is 4.29. The first kappa shape index (κ1) is 14.4. The van der Waals surface area contributed by atoms with Gasteiger partial charge in [-0.25, -0.2) is 13.6 Å². The maximum absolute atomic E-state index is 13.0. The molecule has 1 fully saturated rings. The molecule has 0 aromatic carbocycles. The van der Waals surface area contributed by atoms with Gasteiger partial charge in [0.1, 0.15) is 11.9 Å². The number of nitrogens with two attached hydrogens (primary N) is 1. The molecule has 2 rings (SSSR count). The zero-order valence-electron chi connectivity index (χ0n) is 10.6. The molecule has 1 saturated heterocycles. The molecule has 1 aliphatic rings. The quantitative estimate of drug-likeness (QED) is 0.836. The topological polar surface area (TPSA) is 90.4 Å². The number of nitrogen functional groups attached to an aromatic ring is 1. The number of hydrogen-bond acceptors (Lipinski definition) is 5. The van der Waals surface area contributed by atoms with Crippen LogP contribution in [-0.4, -0.2) is 27.4 Å². The van der Waals surface area contributed by atoms with Crippen LogP contribution in [0.15, 0.2) is 34.8 Å². The molecule has 108 valence electrons. The molecule has 0 saturated carbocycles. The van der Waals surface area contributed by atoms with Crippen LogP contribution in [0.25, 0.3) is 0 Å². The van der Waals surface area contributed by atoms with Crippen LogP contribution in [0.5, 0.6) is 0 Å². The predicted molar refractivity (Wildman–Crippen MR) is 67.0 cm³/mol. The largest absolute Gasteiger partial charge is 0.393 e. The number of ether oxygens (including phenoxy) is 1. The van der Waals surface area contributed by atoms with Gasteiger partial charge in [-0.1, -0.05) is 0 Å². The van der Waals surface area contributed by atoms with Gasteiger partial charge in [-0.3, -0.25) is 4.57 Å². The van der Waals surface area contributed by atoms with Crippen LogP contribution in [0.3, 0.4) is 0 Å². The molecular weight excluding hydrogens is 272 g/mol. The molecule has 2 atom stereocenters. The van der Waals surface area contributed by atoms with E-state index in [9.17, 15) is 13.6 Å². The highest BCUT2D eigenvalue weighted by atomic mass is 19.1. The van der Waals surface area contributed by atoms with Gasteiger partial charge >= 0.3 is 5.69 Å². The van der Waals surface area contributed by atoms with Gasteiger partial charge in [-0.2, -0.15) is 4.98 Å². The predicted octanol–water partition coefficient (Wildman–Crippen LogP) is 0.730. The van der Waals surface area contributed by atoms with E-state index in [0.29, 0.717) is 5.56 Å². The molecule has 20 heavy (non-hydrogen) atoms. The average Bonchev–Trinajstić information content (AvgIpc) is 2.80. The standard InChI is InChI=1S/C12H13F2N3O3/c1-6-4-17(12(19)16-10(6)15)11-8(3-14)7(2-13)9(5-18)20-11/h2-4,9,11,18H,5H2,1H3,(H2,15,16,19). The summed E-state index contributed by atoms with van der Waals surface area (Å²) in [6.07, 6.45) is -0.608. The Hall–Kier alpha value is -2.06. The summed E-state index contributed by atoms with van der Waals surface area (Å²) in [7, 11) is 0. The third kappa shape index (κ3) is 2.23. The minimum absolute atomic E-state index is 0.0509. The highest BCUT2D eigenvalue weighted by Gasteiger charge is 2.37. The molecule has 0 amide bonds. The van der Waals surface area contributed by atoms with Crippen LogP contribution in [0.4, 0.5) is 14.6 Å². The van der Waals surface area contributed by atoms with Gasteiger partial charge in [0, 0.05) is 22.9 Å². The lowest BCUT2D eigenvalue weighted by Crippen LogP contribution is -2.29. The molecule has 8 heteroatoms. The normalized spacial score (nSPS) is 26.6. The lowest BCUT2D eigenvalue weighted by Gasteiger charge is -2.15. The first-order chi connectivity index (χ1) is 9.53. The third-order valence-electron chi connectivity index (χ3n) is 3.07. The summed E-state index contributed by atoms with van der Waals surface area (Å²) >= 11 is 0. The summed E-state index contributed by atoms with van der Waals surface area (Å²) in [5.74, 6) is 0.0509. The van der Waals surface area contributed by atoms with Crippen LogP contribution < -0.4 is 11.4 Å². The molecule has 1 aromatic heterocycles. The maximum Gasteiger partial charge on any atom is 0.351 e. The van der Waals surface area contributed by atoms with Crippen molar-refractivity contribution in [2.24, 2.45) is 0 Å². The number of aliphatic hydroxyl groups excluding tert-OH is 1. The summed E-state index contributed by atoms with van der Waals surface area (Å²) in [6.45, 7) is 1.07. The van der Waals surface area contributed by atoms with E-state index in [1.807, 2.05) is 0 Å². The minimum Gasteiger partial charge on any atom is -0.393 e. The highest BCUT2D eigenvalue weighted by Crippen LogP contribution is 2.37. The number of halogens is 2. The van der Waals surface area contributed by atoms with Crippen molar-refractivity contribution in [1.29, 1.82) is 0 Å². The average molecular weight is 285 g/mol. The fourth-order valence-corrected chi connectivity index (χ4v) is 1.98. The minimum atomic E-state index is -1.20. The van der Waals surface area contributed by atoms with Gasteiger partial charge in [-0.15, -0.1) is 0 Å². The van der Waals surface area contributed by atoms with Crippen molar-refractivity contribution < 1.29 is 18.6 Å². The SMILES string of the molecule is Cc1cn(C2OC(CO)C(=CF)C2=CF)c(=O)nc1N. The molecule has 2 heterocycles. The first-order valence-corrected chi connectivity index (χ1v) is 5.76. The third-order valence-corrected chi connectivity index (χ3v) is 3.07. The Kier molecular flexibility index (Phi) is 3.96. The Bertz CT molecular complexity index is 639. The lowest BCUT2D eigenvalue weighted by molar-refractivity contribution is -0.00865. The van der Waals surface area contributed by atoms with Gasteiger partial charge < -0.3 is 15.6 Å².